The molecular weight excluding hydrogens is 270 g/mol. The molecule has 0 saturated carbocycles. The molecule has 100 valence electrons. The van der Waals surface area contributed by atoms with Crippen LogP contribution in [0, 0.1) is 13.8 Å². The summed E-state index contributed by atoms with van der Waals surface area (Å²) >= 11 is 6.19. The molecule has 0 fully saturated rings. The zero-order valence-electron chi connectivity index (χ0n) is 10.7. The highest BCUT2D eigenvalue weighted by atomic mass is 35.5. The van der Waals surface area contributed by atoms with Crippen LogP contribution in [0.15, 0.2) is 16.7 Å². The molecule has 0 bridgehead atoms. The molecular formula is C13H12ClNO4. The molecule has 0 unspecified atom stereocenters. The SMILES string of the molecule is COc1cc(C)c(-c2cc(C(=O)O)no2)c(C)c1Cl. The molecule has 19 heavy (non-hydrogen) atoms. The van der Waals surface area contributed by atoms with Gasteiger partial charge in [-0.2, -0.15) is 0 Å². The van der Waals surface area contributed by atoms with Crippen LogP contribution < -0.4 is 4.74 Å². The first kappa shape index (κ1) is 13.4. The van der Waals surface area contributed by atoms with E-state index in [-0.39, 0.29) is 5.69 Å². The average Bonchev–Trinajstić information content (AvgIpc) is 2.83. The largest absolute Gasteiger partial charge is 0.495 e. The van der Waals surface area contributed by atoms with Crippen LogP contribution in [-0.4, -0.2) is 23.3 Å². The van der Waals surface area contributed by atoms with Gasteiger partial charge in [0.05, 0.1) is 12.1 Å². The third kappa shape index (κ3) is 2.29. The normalized spacial score (nSPS) is 10.5. The molecule has 2 rings (SSSR count). The van der Waals surface area contributed by atoms with Crippen molar-refractivity contribution in [1.82, 2.24) is 5.16 Å². The van der Waals surface area contributed by atoms with E-state index >= 15 is 0 Å². The molecule has 0 aliphatic rings. The minimum absolute atomic E-state index is 0.138. The van der Waals surface area contributed by atoms with Crippen LogP contribution in [-0.2, 0) is 0 Å². The molecule has 1 aromatic carbocycles. The number of ether oxygens (including phenoxy) is 1. The van der Waals surface area contributed by atoms with Crippen molar-refractivity contribution in [2.24, 2.45) is 0 Å². The lowest BCUT2D eigenvalue weighted by molar-refractivity contribution is 0.0686. The van der Waals surface area contributed by atoms with E-state index in [1.54, 1.807) is 6.07 Å². The highest BCUT2D eigenvalue weighted by molar-refractivity contribution is 6.33. The second kappa shape index (κ2) is 4.93. The van der Waals surface area contributed by atoms with Crippen molar-refractivity contribution in [3.05, 3.63) is 34.0 Å². The first-order valence-corrected chi connectivity index (χ1v) is 5.87. The van der Waals surface area contributed by atoms with Crippen LogP contribution in [0.2, 0.25) is 5.02 Å². The van der Waals surface area contributed by atoms with Crippen LogP contribution in [0.25, 0.3) is 11.3 Å². The Bertz CT molecular complexity index is 648. The smallest absolute Gasteiger partial charge is 0.358 e. The van der Waals surface area contributed by atoms with Gasteiger partial charge in [-0.05, 0) is 31.0 Å². The molecule has 0 radical (unpaired) electrons. The van der Waals surface area contributed by atoms with Gasteiger partial charge in [-0.3, -0.25) is 0 Å². The van der Waals surface area contributed by atoms with Crippen LogP contribution >= 0.6 is 11.6 Å². The van der Waals surface area contributed by atoms with Crippen molar-refractivity contribution >= 4 is 17.6 Å². The number of methoxy groups -OCH3 is 1. The van der Waals surface area contributed by atoms with Gasteiger partial charge in [0.2, 0.25) is 0 Å². The molecule has 6 heteroatoms. The molecule has 0 aliphatic heterocycles. The van der Waals surface area contributed by atoms with E-state index < -0.39 is 5.97 Å². The topological polar surface area (TPSA) is 72.6 Å². The van der Waals surface area contributed by atoms with Gasteiger partial charge in [0.15, 0.2) is 11.5 Å². The number of nitrogens with zero attached hydrogens (tertiary/aromatic N) is 1. The summed E-state index contributed by atoms with van der Waals surface area (Å²) in [6.07, 6.45) is 0. The Kier molecular flexibility index (Phi) is 3.48. The average molecular weight is 282 g/mol. The lowest BCUT2D eigenvalue weighted by atomic mass is 10.00. The summed E-state index contributed by atoms with van der Waals surface area (Å²) in [5.41, 5.74) is 2.21. The first-order valence-electron chi connectivity index (χ1n) is 5.49. The number of halogens is 1. The van der Waals surface area contributed by atoms with Crippen LogP contribution in [0.3, 0.4) is 0 Å². The summed E-state index contributed by atoms with van der Waals surface area (Å²) in [6.45, 7) is 3.68. The fraction of sp³-hybridized carbons (Fsp3) is 0.231. The Morgan fingerprint density at radius 2 is 2.11 bits per heavy atom. The zero-order chi connectivity index (χ0) is 14.2. The fourth-order valence-electron chi connectivity index (χ4n) is 1.94. The van der Waals surface area contributed by atoms with E-state index in [1.807, 2.05) is 13.8 Å². The molecule has 0 atom stereocenters. The van der Waals surface area contributed by atoms with Gasteiger partial charge in [-0.25, -0.2) is 4.79 Å². The maximum absolute atomic E-state index is 10.8. The quantitative estimate of drug-likeness (QED) is 0.934. The number of carbonyl (C=O) groups is 1. The van der Waals surface area contributed by atoms with Crippen LogP contribution in [0.1, 0.15) is 21.6 Å². The number of hydrogen-bond acceptors (Lipinski definition) is 4. The monoisotopic (exact) mass is 281 g/mol. The Hall–Kier alpha value is -2.01. The van der Waals surface area contributed by atoms with Crippen LogP contribution in [0.5, 0.6) is 5.75 Å². The van der Waals surface area contributed by atoms with Gasteiger partial charge in [0, 0.05) is 11.6 Å². The van der Waals surface area contributed by atoms with E-state index in [0.29, 0.717) is 16.5 Å². The number of aryl methyl sites for hydroxylation is 1. The highest BCUT2D eigenvalue weighted by Crippen LogP contribution is 2.38. The zero-order valence-corrected chi connectivity index (χ0v) is 11.4. The predicted octanol–water partition coefficient (Wildman–Crippen LogP) is 3.32. The molecule has 1 heterocycles. The third-order valence-electron chi connectivity index (χ3n) is 2.86. The van der Waals surface area contributed by atoms with Crippen molar-refractivity contribution in [2.45, 2.75) is 13.8 Å². The Morgan fingerprint density at radius 1 is 1.42 bits per heavy atom. The van der Waals surface area contributed by atoms with Crippen molar-refractivity contribution in [3.8, 4) is 17.1 Å². The van der Waals surface area contributed by atoms with Gasteiger partial charge < -0.3 is 14.4 Å². The number of hydrogen-bond donors (Lipinski definition) is 1. The third-order valence-corrected chi connectivity index (χ3v) is 3.33. The predicted molar refractivity (Wildman–Crippen MR) is 69.9 cm³/mol. The second-order valence-electron chi connectivity index (χ2n) is 4.09. The van der Waals surface area contributed by atoms with Crippen molar-refractivity contribution in [3.63, 3.8) is 0 Å². The summed E-state index contributed by atoms with van der Waals surface area (Å²) in [6, 6.07) is 3.15. The first-order chi connectivity index (χ1) is 8.95. The van der Waals surface area contributed by atoms with E-state index in [9.17, 15) is 4.79 Å². The summed E-state index contributed by atoms with van der Waals surface area (Å²) in [5, 5.41) is 12.8. The number of rotatable bonds is 3. The number of carboxylic acids is 1. The highest BCUT2D eigenvalue weighted by Gasteiger charge is 2.19. The molecule has 1 N–H and O–H groups in total. The summed E-state index contributed by atoms with van der Waals surface area (Å²) in [5.74, 6) is -0.194. The van der Waals surface area contributed by atoms with Crippen molar-refractivity contribution in [1.29, 1.82) is 0 Å². The van der Waals surface area contributed by atoms with Crippen molar-refractivity contribution in [2.75, 3.05) is 7.11 Å². The Labute approximate surface area is 114 Å². The standard InChI is InChI=1S/C13H12ClNO4/c1-6-4-10(18-3)12(14)7(2)11(6)9-5-8(13(16)17)15-19-9/h4-5H,1-3H3,(H,16,17). The van der Waals surface area contributed by atoms with E-state index in [0.717, 1.165) is 16.7 Å². The van der Waals surface area contributed by atoms with Crippen LogP contribution in [0.4, 0.5) is 0 Å². The fourth-order valence-corrected chi connectivity index (χ4v) is 2.17. The summed E-state index contributed by atoms with van der Waals surface area (Å²) in [4.78, 5) is 10.8. The maximum Gasteiger partial charge on any atom is 0.358 e. The van der Waals surface area contributed by atoms with E-state index in [4.69, 9.17) is 26.0 Å². The number of carboxylic acid groups (broad SMARTS) is 1. The Morgan fingerprint density at radius 3 is 2.63 bits per heavy atom. The molecule has 0 saturated heterocycles. The molecule has 0 aliphatic carbocycles. The summed E-state index contributed by atoms with van der Waals surface area (Å²) < 4.78 is 10.2. The van der Waals surface area contributed by atoms with Gasteiger partial charge in [-0.15, -0.1) is 0 Å². The van der Waals surface area contributed by atoms with Gasteiger partial charge >= 0.3 is 5.97 Å². The van der Waals surface area contributed by atoms with E-state index in [1.165, 1.54) is 13.2 Å². The molecule has 0 amide bonds. The van der Waals surface area contributed by atoms with E-state index in [2.05, 4.69) is 5.16 Å². The molecule has 2 aromatic rings. The van der Waals surface area contributed by atoms with Gasteiger partial charge in [0.25, 0.3) is 0 Å². The number of aromatic nitrogens is 1. The summed E-state index contributed by atoms with van der Waals surface area (Å²) in [7, 11) is 1.54. The number of benzene rings is 1. The second-order valence-corrected chi connectivity index (χ2v) is 4.47. The van der Waals surface area contributed by atoms with Gasteiger partial charge in [-0.1, -0.05) is 16.8 Å². The lowest BCUT2D eigenvalue weighted by Gasteiger charge is -2.12. The minimum atomic E-state index is -1.13. The molecule has 1 aromatic heterocycles. The lowest BCUT2D eigenvalue weighted by Crippen LogP contribution is -1.95. The van der Waals surface area contributed by atoms with Gasteiger partial charge in [0.1, 0.15) is 5.75 Å². The Balaban J connectivity index is 2.61. The maximum atomic E-state index is 10.8. The number of aromatic carboxylic acids is 1. The van der Waals surface area contributed by atoms with Crippen molar-refractivity contribution < 1.29 is 19.2 Å². The minimum Gasteiger partial charge on any atom is -0.495 e. The molecule has 5 nitrogen and oxygen atoms in total. The molecule has 0 spiro atoms.